The number of carbonyl (C=O) groups excluding carboxylic acids is 1. The molecule has 27 heavy (non-hydrogen) atoms. The third kappa shape index (κ3) is 3.24. The highest BCUT2D eigenvalue weighted by molar-refractivity contribution is 7.17. The minimum Gasteiger partial charge on any atom is -0.442 e. The number of hydrogen-bond donors (Lipinski definition) is 1. The Labute approximate surface area is 159 Å². The van der Waals surface area contributed by atoms with Crippen molar-refractivity contribution in [1.82, 2.24) is 15.0 Å². The highest BCUT2D eigenvalue weighted by Crippen LogP contribution is 2.49. The van der Waals surface area contributed by atoms with Crippen molar-refractivity contribution in [3.63, 3.8) is 0 Å². The summed E-state index contributed by atoms with van der Waals surface area (Å²) in [6, 6.07) is 0. The molecule has 2 bridgehead atoms. The molecule has 3 saturated heterocycles. The molecular weight excluding hydrogens is 370 g/mol. The summed E-state index contributed by atoms with van der Waals surface area (Å²) in [5.74, 6) is 1.60. The van der Waals surface area contributed by atoms with Crippen LogP contribution in [0.1, 0.15) is 12.8 Å². The first-order chi connectivity index (χ1) is 13.2. The molecule has 0 unspecified atom stereocenters. The van der Waals surface area contributed by atoms with Crippen molar-refractivity contribution in [3.8, 4) is 10.8 Å². The number of aromatic nitrogens is 3. The number of ether oxygens (including phenoxy) is 3. The Morgan fingerprint density at radius 2 is 2.00 bits per heavy atom. The largest absolute Gasteiger partial charge is 0.442 e. The van der Waals surface area contributed by atoms with E-state index in [1.54, 1.807) is 18.6 Å². The Morgan fingerprint density at radius 3 is 2.70 bits per heavy atom. The Morgan fingerprint density at radius 1 is 1.22 bits per heavy atom. The number of fused-ring (bicyclic) bond motifs is 1. The first kappa shape index (κ1) is 16.8. The fourth-order valence-electron chi connectivity index (χ4n) is 3.62. The average Bonchev–Trinajstić information content (AvgIpc) is 3.39. The first-order valence-corrected chi connectivity index (χ1v) is 9.76. The van der Waals surface area contributed by atoms with Gasteiger partial charge in [0, 0.05) is 13.1 Å². The zero-order valence-electron chi connectivity index (χ0n) is 14.6. The van der Waals surface area contributed by atoms with E-state index in [1.807, 2.05) is 0 Å². The maximum atomic E-state index is 12.4. The van der Waals surface area contributed by atoms with Crippen molar-refractivity contribution in [2.24, 2.45) is 5.92 Å². The van der Waals surface area contributed by atoms with Crippen LogP contribution in [-0.2, 0) is 14.3 Å². The van der Waals surface area contributed by atoms with Crippen LogP contribution in [0.3, 0.4) is 0 Å². The van der Waals surface area contributed by atoms with E-state index in [0.717, 1.165) is 25.9 Å². The summed E-state index contributed by atoms with van der Waals surface area (Å²) in [5.41, 5.74) is -0.638. The maximum Gasteiger partial charge on any atom is 0.258 e. The summed E-state index contributed by atoms with van der Waals surface area (Å²) in [4.78, 5) is 27.4. The van der Waals surface area contributed by atoms with Crippen LogP contribution < -0.4 is 15.0 Å². The fraction of sp³-hybridized carbons (Fsp3) is 0.529. The van der Waals surface area contributed by atoms with E-state index in [4.69, 9.17) is 14.2 Å². The maximum absolute atomic E-state index is 12.4. The van der Waals surface area contributed by atoms with Gasteiger partial charge < -0.3 is 19.1 Å². The standard InChI is InChI=1S/C17H19N5O4S/c23-14(17-5-11(6-17)10-25-17)21-16-20-9-13(27-16)26-12-7-18-15(19-8-12)22-1-3-24-4-2-22/h7-9,11H,1-6,10H2,(H,20,21,23). The van der Waals surface area contributed by atoms with Crippen LogP contribution in [0.15, 0.2) is 18.6 Å². The van der Waals surface area contributed by atoms with Crippen LogP contribution >= 0.6 is 11.3 Å². The summed E-state index contributed by atoms with van der Waals surface area (Å²) in [5, 5.41) is 3.89. The van der Waals surface area contributed by atoms with Crippen molar-refractivity contribution < 1.29 is 19.0 Å². The Hall–Kier alpha value is -2.30. The van der Waals surface area contributed by atoms with Gasteiger partial charge in [0.25, 0.3) is 5.91 Å². The lowest BCUT2D eigenvalue weighted by Gasteiger charge is -2.33. The second-order valence-electron chi connectivity index (χ2n) is 6.94. The number of anilines is 2. The number of hydrogen-bond acceptors (Lipinski definition) is 9. The van der Waals surface area contributed by atoms with Crippen molar-refractivity contribution in [1.29, 1.82) is 0 Å². The summed E-state index contributed by atoms with van der Waals surface area (Å²) in [6.45, 7) is 3.61. The number of nitrogens with zero attached hydrogens (tertiary/aromatic N) is 4. The summed E-state index contributed by atoms with van der Waals surface area (Å²) < 4.78 is 16.7. The van der Waals surface area contributed by atoms with Crippen molar-refractivity contribution in [3.05, 3.63) is 18.6 Å². The molecule has 5 heterocycles. The highest BCUT2D eigenvalue weighted by atomic mass is 32.1. The minimum atomic E-state index is -0.638. The lowest BCUT2D eigenvalue weighted by atomic mass is 9.74. The van der Waals surface area contributed by atoms with Crippen LogP contribution in [0.4, 0.5) is 11.1 Å². The van der Waals surface area contributed by atoms with Crippen molar-refractivity contribution in [2.45, 2.75) is 18.4 Å². The predicted octanol–water partition coefficient (Wildman–Crippen LogP) is 1.68. The fourth-order valence-corrected chi connectivity index (χ4v) is 4.30. The van der Waals surface area contributed by atoms with Crippen molar-refractivity contribution >= 4 is 28.3 Å². The van der Waals surface area contributed by atoms with Gasteiger partial charge in [0.2, 0.25) is 11.0 Å². The third-order valence-corrected chi connectivity index (χ3v) is 5.87. The second-order valence-corrected chi connectivity index (χ2v) is 7.93. The van der Waals surface area contributed by atoms with Crippen LogP contribution in [0.2, 0.25) is 0 Å². The van der Waals surface area contributed by atoms with Gasteiger partial charge in [-0.25, -0.2) is 15.0 Å². The number of rotatable bonds is 5. The van der Waals surface area contributed by atoms with E-state index in [-0.39, 0.29) is 5.91 Å². The average molecular weight is 389 g/mol. The van der Waals surface area contributed by atoms with Gasteiger partial charge in [0.05, 0.1) is 38.4 Å². The number of morpholine rings is 1. The smallest absolute Gasteiger partial charge is 0.258 e. The molecule has 1 saturated carbocycles. The summed E-state index contributed by atoms with van der Waals surface area (Å²) >= 11 is 1.26. The molecule has 0 spiro atoms. The molecule has 142 valence electrons. The molecule has 2 aromatic heterocycles. The molecule has 1 amide bonds. The Balaban J connectivity index is 1.19. The second kappa shape index (κ2) is 6.70. The SMILES string of the molecule is O=C(Nc1ncc(Oc2cnc(N3CCOCC3)nc2)s1)C12CC(CO1)C2. The van der Waals surface area contributed by atoms with Gasteiger partial charge in [-0.3, -0.25) is 10.1 Å². The van der Waals surface area contributed by atoms with Gasteiger partial charge >= 0.3 is 0 Å². The molecule has 4 fully saturated rings. The van der Waals surface area contributed by atoms with Crippen LogP contribution in [-0.4, -0.2) is 59.4 Å². The summed E-state index contributed by atoms with van der Waals surface area (Å²) in [7, 11) is 0. The summed E-state index contributed by atoms with van der Waals surface area (Å²) in [6.07, 6.45) is 6.46. The van der Waals surface area contributed by atoms with E-state index >= 15 is 0 Å². The molecule has 10 heteroatoms. The molecule has 4 aliphatic rings. The molecule has 3 aliphatic heterocycles. The lowest BCUT2D eigenvalue weighted by molar-refractivity contribution is -0.137. The topological polar surface area (TPSA) is 98.7 Å². The number of amides is 1. The number of carbonyl (C=O) groups is 1. The zero-order chi connectivity index (χ0) is 18.3. The molecule has 9 nitrogen and oxygen atoms in total. The van der Waals surface area contributed by atoms with E-state index in [1.165, 1.54) is 11.3 Å². The first-order valence-electron chi connectivity index (χ1n) is 8.94. The van der Waals surface area contributed by atoms with Gasteiger partial charge in [-0.1, -0.05) is 11.3 Å². The van der Waals surface area contributed by atoms with E-state index < -0.39 is 5.60 Å². The Kier molecular flexibility index (Phi) is 4.18. The zero-order valence-corrected chi connectivity index (χ0v) is 15.4. The lowest BCUT2D eigenvalue weighted by Crippen LogP contribution is -2.47. The van der Waals surface area contributed by atoms with Gasteiger partial charge in [0.1, 0.15) is 5.60 Å². The van der Waals surface area contributed by atoms with Crippen molar-refractivity contribution in [2.75, 3.05) is 43.1 Å². The van der Waals surface area contributed by atoms with E-state index in [2.05, 4.69) is 25.2 Å². The van der Waals surface area contributed by atoms with Gasteiger partial charge in [-0.15, -0.1) is 0 Å². The molecule has 0 aromatic carbocycles. The molecular formula is C17H19N5O4S. The number of thiazole rings is 1. The van der Waals surface area contributed by atoms with E-state index in [9.17, 15) is 4.79 Å². The molecule has 1 aliphatic carbocycles. The van der Waals surface area contributed by atoms with Crippen LogP contribution in [0.5, 0.6) is 10.8 Å². The van der Waals surface area contributed by atoms with Crippen LogP contribution in [0, 0.1) is 5.92 Å². The molecule has 6 rings (SSSR count). The monoisotopic (exact) mass is 389 g/mol. The normalized spacial score (nSPS) is 26.5. The minimum absolute atomic E-state index is 0.115. The molecule has 2 aromatic rings. The highest BCUT2D eigenvalue weighted by Gasteiger charge is 2.57. The third-order valence-electron chi connectivity index (χ3n) is 5.08. The van der Waals surface area contributed by atoms with Gasteiger partial charge in [-0.2, -0.15) is 0 Å². The molecule has 0 radical (unpaired) electrons. The number of nitrogens with one attached hydrogen (secondary N) is 1. The van der Waals surface area contributed by atoms with Gasteiger partial charge in [-0.05, 0) is 18.8 Å². The Bertz CT molecular complexity index is 825. The predicted molar refractivity (Wildman–Crippen MR) is 97.3 cm³/mol. The van der Waals surface area contributed by atoms with Gasteiger partial charge in [0.15, 0.2) is 10.9 Å². The quantitative estimate of drug-likeness (QED) is 0.825. The van der Waals surface area contributed by atoms with Crippen LogP contribution in [0.25, 0.3) is 0 Å². The molecule has 0 atom stereocenters. The molecule has 1 N–H and O–H groups in total. The van der Waals surface area contributed by atoms with E-state index in [0.29, 0.717) is 47.6 Å².